The van der Waals surface area contributed by atoms with Gasteiger partial charge in [0.2, 0.25) is 11.6 Å². The van der Waals surface area contributed by atoms with Crippen LogP contribution in [0.1, 0.15) is 29.3 Å². The molecule has 0 atom stereocenters. The summed E-state index contributed by atoms with van der Waals surface area (Å²) >= 11 is 1.23. The number of hydrogen-bond donors (Lipinski definition) is 1. The van der Waals surface area contributed by atoms with Crippen molar-refractivity contribution in [2.75, 3.05) is 5.32 Å². The second kappa shape index (κ2) is 10.3. The Morgan fingerprint density at radius 3 is 2.49 bits per heavy atom. The monoisotopic (exact) mass is 498 g/mol. The van der Waals surface area contributed by atoms with E-state index in [4.69, 9.17) is 4.74 Å². The molecule has 0 amide bonds. The Bertz CT molecular complexity index is 1360. The van der Waals surface area contributed by atoms with Crippen LogP contribution in [0.5, 0.6) is 11.6 Å². The molecule has 4 aromatic rings. The lowest BCUT2D eigenvalue weighted by molar-refractivity contribution is -0.385. The van der Waals surface area contributed by atoms with Crippen molar-refractivity contribution in [1.82, 2.24) is 19.6 Å². The van der Waals surface area contributed by atoms with Gasteiger partial charge in [-0.3, -0.25) is 14.9 Å². The number of nitrogens with zero attached hydrogens (tertiary/aromatic N) is 5. The predicted octanol–water partition coefficient (Wildman–Crippen LogP) is 5.18. The number of carbonyl (C=O) groups is 1. The minimum atomic E-state index is -1.19. The summed E-state index contributed by atoms with van der Waals surface area (Å²) in [6.45, 7) is 1.71. The summed E-state index contributed by atoms with van der Waals surface area (Å²) in [7, 11) is 0. The molecule has 0 saturated carbocycles. The summed E-state index contributed by atoms with van der Waals surface area (Å²) < 4.78 is 37.9. The molecular formula is C22H16F2N6O4S. The van der Waals surface area contributed by atoms with Crippen LogP contribution in [0, 0.1) is 21.7 Å². The quantitative estimate of drug-likeness (QED) is 0.188. The number of hydrogen-bond acceptors (Lipinski definition) is 10. The van der Waals surface area contributed by atoms with E-state index in [1.54, 1.807) is 24.4 Å². The van der Waals surface area contributed by atoms with E-state index in [-0.39, 0.29) is 24.3 Å². The predicted molar refractivity (Wildman–Crippen MR) is 122 cm³/mol. The fourth-order valence-corrected chi connectivity index (χ4v) is 3.59. The fraction of sp³-hybridized carbons (Fsp3) is 0.136. The number of Topliss-reactive ketones (excluding diaryl/α,β-unsaturated/α-hetero) is 1. The van der Waals surface area contributed by atoms with Gasteiger partial charge < -0.3 is 10.1 Å². The average molecular weight is 498 g/mol. The van der Waals surface area contributed by atoms with E-state index in [1.165, 1.54) is 11.5 Å². The van der Waals surface area contributed by atoms with Crippen LogP contribution in [-0.4, -0.2) is 30.3 Å². The van der Waals surface area contributed by atoms with Crippen molar-refractivity contribution >= 4 is 28.8 Å². The normalized spacial score (nSPS) is 10.7. The van der Waals surface area contributed by atoms with E-state index in [0.29, 0.717) is 0 Å². The van der Waals surface area contributed by atoms with Crippen molar-refractivity contribution in [2.45, 2.75) is 19.9 Å². The highest BCUT2D eigenvalue weighted by atomic mass is 32.1. The van der Waals surface area contributed by atoms with E-state index in [9.17, 15) is 23.7 Å². The highest BCUT2D eigenvalue weighted by molar-refractivity contribution is 7.03. The summed E-state index contributed by atoms with van der Waals surface area (Å²) in [5.74, 6) is -4.64. The lowest BCUT2D eigenvalue weighted by atomic mass is 10.1. The van der Waals surface area contributed by atoms with Crippen LogP contribution in [-0.2, 0) is 6.54 Å². The number of aromatic nitrogens is 4. The molecule has 1 N–H and O–H groups in total. The maximum atomic E-state index is 14.5. The molecule has 0 fully saturated rings. The number of ether oxygens (including phenoxy) is 1. The molecular weight excluding hydrogens is 482 g/mol. The van der Waals surface area contributed by atoms with Gasteiger partial charge in [0.15, 0.2) is 17.4 Å². The fourth-order valence-electron chi connectivity index (χ4n) is 3.12. The second-order valence-corrected chi connectivity index (χ2v) is 7.73. The average Bonchev–Trinajstić information content (AvgIpc) is 3.39. The van der Waals surface area contributed by atoms with Crippen LogP contribution in [0.25, 0.3) is 11.3 Å². The molecule has 4 rings (SSSR count). The number of nitro groups is 1. The molecule has 2 aromatic carbocycles. The topological polar surface area (TPSA) is 133 Å². The van der Waals surface area contributed by atoms with Gasteiger partial charge in [-0.15, -0.1) is 5.10 Å². The first-order valence-corrected chi connectivity index (χ1v) is 11.0. The standard InChI is InChI=1S/C22H16F2N6O4S/c1-2-18(31)14-7-15(23)20(16(24)8-14)34-22-19(30(32)33)21(26-11-27-22)25-9-12-3-5-13(6-4-12)17-10-35-29-28-17/h3-8,10-11H,2,9H2,1H3,(H,25,26,27). The van der Waals surface area contributed by atoms with Gasteiger partial charge in [0.25, 0.3) is 0 Å². The molecule has 0 aliphatic rings. The van der Waals surface area contributed by atoms with Crippen LogP contribution < -0.4 is 10.1 Å². The first-order valence-electron chi connectivity index (χ1n) is 10.2. The van der Waals surface area contributed by atoms with E-state index in [1.807, 2.05) is 12.1 Å². The molecule has 10 nitrogen and oxygen atoms in total. The van der Waals surface area contributed by atoms with Crippen molar-refractivity contribution < 1.29 is 23.2 Å². The van der Waals surface area contributed by atoms with Crippen LogP contribution in [0.3, 0.4) is 0 Å². The third-order valence-electron chi connectivity index (χ3n) is 4.88. The number of ketones is 1. The largest absolute Gasteiger partial charge is 0.427 e. The molecule has 13 heteroatoms. The third kappa shape index (κ3) is 5.24. The summed E-state index contributed by atoms with van der Waals surface area (Å²) in [5.41, 5.74) is 1.49. The number of carbonyl (C=O) groups excluding carboxylic acids is 1. The van der Waals surface area contributed by atoms with E-state index >= 15 is 0 Å². The van der Waals surface area contributed by atoms with Crippen LogP contribution in [0.2, 0.25) is 0 Å². The summed E-state index contributed by atoms with van der Waals surface area (Å²) in [6.07, 6.45) is 1.02. The maximum Gasteiger partial charge on any atom is 0.373 e. The molecule has 0 bridgehead atoms. The Labute approximate surface area is 200 Å². The number of benzene rings is 2. The van der Waals surface area contributed by atoms with Gasteiger partial charge in [0.05, 0.1) is 4.92 Å². The molecule has 35 heavy (non-hydrogen) atoms. The van der Waals surface area contributed by atoms with Gasteiger partial charge in [-0.2, -0.15) is 4.98 Å². The number of nitrogens with one attached hydrogen (secondary N) is 1. The zero-order chi connectivity index (χ0) is 24.9. The maximum absolute atomic E-state index is 14.5. The minimum Gasteiger partial charge on any atom is -0.427 e. The number of halogens is 2. The van der Waals surface area contributed by atoms with E-state index in [2.05, 4.69) is 24.9 Å². The Morgan fingerprint density at radius 1 is 1.17 bits per heavy atom. The lowest BCUT2D eigenvalue weighted by Gasteiger charge is -2.11. The molecule has 2 heterocycles. The molecule has 0 unspecified atom stereocenters. The molecule has 0 radical (unpaired) electrons. The van der Waals surface area contributed by atoms with Crippen molar-refractivity contribution in [2.24, 2.45) is 0 Å². The Hall–Kier alpha value is -4.39. The first kappa shape index (κ1) is 23.8. The molecule has 0 aliphatic heterocycles. The second-order valence-electron chi connectivity index (χ2n) is 7.12. The smallest absolute Gasteiger partial charge is 0.373 e. The van der Waals surface area contributed by atoms with Crippen LogP contribution in [0.15, 0.2) is 48.1 Å². The highest BCUT2D eigenvalue weighted by Gasteiger charge is 2.27. The Kier molecular flexibility index (Phi) is 6.96. The molecule has 0 saturated heterocycles. The van der Waals surface area contributed by atoms with Crippen molar-refractivity contribution in [3.8, 4) is 22.9 Å². The molecule has 0 spiro atoms. The third-order valence-corrected chi connectivity index (χ3v) is 5.39. The molecule has 0 aliphatic carbocycles. The Balaban J connectivity index is 1.57. The van der Waals surface area contributed by atoms with E-state index < -0.39 is 39.7 Å². The van der Waals surface area contributed by atoms with Gasteiger partial charge in [0, 0.05) is 29.5 Å². The summed E-state index contributed by atoms with van der Waals surface area (Å²) in [6, 6.07) is 8.87. The van der Waals surface area contributed by atoms with Gasteiger partial charge in [-0.25, -0.2) is 13.8 Å². The minimum absolute atomic E-state index is 0.0519. The SMILES string of the molecule is CCC(=O)c1cc(F)c(Oc2ncnc(NCc3ccc(-c4csnn4)cc3)c2[N+](=O)[O-])c(F)c1. The van der Waals surface area contributed by atoms with Gasteiger partial charge in [-0.05, 0) is 29.2 Å². The molecule has 178 valence electrons. The first-order chi connectivity index (χ1) is 16.9. The lowest BCUT2D eigenvalue weighted by Crippen LogP contribution is -2.08. The Morgan fingerprint density at radius 2 is 1.89 bits per heavy atom. The zero-order valence-electron chi connectivity index (χ0n) is 18.1. The zero-order valence-corrected chi connectivity index (χ0v) is 18.9. The van der Waals surface area contributed by atoms with Crippen molar-refractivity contribution in [1.29, 1.82) is 0 Å². The van der Waals surface area contributed by atoms with Gasteiger partial charge >= 0.3 is 11.6 Å². The summed E-state index contributed by atoms with van der Waals surface area (Å²) in [5, 5.41) is 20.4. The highest BCUT2D eigenvalue weighted by Crippen LogP contribution is 2.36. The number of rotatable bonds is 9. The number of anilines is 1. The van der Waals surface area contributed by atoms with Gasteiger partial charge in [0.1, 0.15) is 12.0 Å². The summed E-state index contributed by atoms with van der Waals surface area (Å²) in [4.78, 5) is 30.2. The van der Waals surface area contributed by atoms with Gasteiger partial charge in [-0.1, -0.05) is 35.7 Å². The van der Waals surface area contributed by atoms with E-state index in [0.717, 1.165) is 35.3 Å². The molecule has 2 aromatic heterocycles. The van der Waals surface area contributed by atoms with Crippen LogP contribution >= 0.6 is 11.5 Å². The van der Waals surface area contributed by atoms with Crippen LogP contribution in [0.4, 0.5) is 20.3 Å². The van der Waals surface area contributed by atoms with Crippen molar-refractivity contribution in [3.63, 3.8) is 0 Å². The van der Waals surface area contributed by atoms with Crippen molar-refractivity contribution in [3.05, 3.63) is 81.0 Å².